The molecule has 0 unspecified atom stereocenters. The summed E-state index contributed by atoms with van der Waals surface area (Å²) < 4.78 is 10.3. The lowest BCUT2D eigenvalue weighted by Crippen LogP contribution is -2.19. The minimum Gasteiger partial charge on any atom is -0.385 e. The van der Waals surface area contributed by atoms with Crippen molar-refractivity contribution in [1.82, 2.24) is 10.3 Å². The van der Waals surface area contributed by atoms with Gasteiger partial charge in [0, 0.05) is 39.2 Å². The number of anilines is 1. The molecular weight excluding hydrogens is 258 g/mol. The van der Waals surface area contributed by atoms with E-state index >= 15 is 0 Å². The van der Waals surface area contributed by atoms with E-state index in [-0.39, 0.29) is 5.91 Å². The number of carbonyl (C=O) groups excluding carboxylic acids is 1. The SMILES string of the molecule is CNC(=O)c1cc(NCCCCOCCOC)ccn1. The van der Waals surface area contributed by atoms with E-state index in [2.05, 4.69) is 15.6 Å². The molecule has 6 heteroatoms. The molecule has 0 aliphatic carbocycles. The van der Waals surface area contributed by atoms with Crippen molar-refractivity contribution in [2.75, 3.05) is 45.8 Å². The Bertz CT molecular complexity index is 399. The number of hydrogen-bond acceptors (Lipinski definition) is 5. The maximum absolute atomic E-state index is 11.4. The van der Waals surface area contributed by atoms with E-state index in [1.807, 2.05) is 6.07 Å². The first-order valence-corrected chi connectivity index (χ1v) is 6.76. The zero-order chi connectivity index (χ0) is 14.6. The summed E-state index contributed by atoms with van der Waals surface area (Å²) in [7, 11) is 3.25. The molecule has 1 rings (SSSR count). The first-order valence-electron chi connectivity index (χ1n) is 6.76. The lowest BCUT2D eigenvalue weighted by Gasteiger charge is -2.08. The third-order valence-electron chi connectivity index (χ3n) is 2.70. The Morgan fingerprint density at radius 1 is 1.30 bits per heavy atom. The second-order valence-corrected chi connectivity index (χ2v) is 4.25. The second-order valence-electron chi connectivity index (χ2n) is 4.25. The minimum atomic E-state index is -0.180. The van der Waals surface area contributed by atoms with Crippen LogP contribution in [0, 0.1) is 0 Å². The zero-order valence-electron chi connectivity index (χ0n) is 12.1. The second kappa shape index (κ2) is 10.2. The van der Waals surface area contributed by atoms with Crippen LogP contribution in [0.2, 0.25) is 0 Å². The van der Waals surface area contributed by atoms with Crippen molar-refractivity contribution >= 4 is 11.6 Å². The van der Waals surface area contributed by atoms with E-state index < -0.39 is 0 Å². The summed E-state index contributed by atoms with van der Waals surface area (Å²) in [5.74, 6) is -0.180. The number of nitrogens with one attached hydrogen (secondary N) is 2. The number of ether oxygens (including phenoxy) is 2. The van der Waals surface area contributed by atoms with Crippen molar-refractivity contribution in [1.29, 1.82) is 0 Å². The van der Waals surface area contributed by atoms with E-state index in [0.717, 1.165) is 31.7 Å². The van der Waals surface area contributed by atoms with E-state index in [9.17, 15) is 4.79 Å². The van der Waals surface area contributed by atoms with Crippen molar-refractivity contribution < 1.29 is 14.3 Å². The van der Waals surface area contributed by atoms with Gasteiger partial charge in [0.25, 0.3) is 5.91 Å². The van der Waals surface area contributed by atoms with Gasteiger partial charge in [0.15, 0.2) is 0 Å². The molecular formula is C14H23N3O3. The van der Waals surface area contributed by atoms with Gasteiger partial charge in [-0.3, -0.25) is 9.78 Å². The van der Waals surface area contributed by atoms with Crippen LogP contribution in [-0.4, -0.2) is 51.4 Å². The Balaban J connectivity index is 2.17. The van der Waals surface area contributed by atoms with Gasteiger partial charge in [0.2, 0.25) is 0 Å². The predicted molar refractivity (Wildman–Crippen MR) is 78.0 cm³/mol. The highest BCUT2D eigenvalue weighted by Gasteiger charge is 2.04. The standard InChI is InChI=1S/C14H23N3O3/c1-15-14(18)13-11-12(5-7-17-13)16-6-3-4-8-20-10-9-19-2/h5,7,11H,3-4,6,8-10H2,1-2H3,(H,15,18)(H,16,17). The fourth-order valence-corrected chi connectivity index (χ4v) is 1.60. The van der Waals surface area contributed by atoms with Crippen molar-refractivity contribution in [3.63, 3.8) is 0 Å². The molecule has 0 bridgehead atoms. The first-order chi connectivity index (χ1) is 9.77. The molecule has 0 radical (unpaired) electrons. The number of hydrogen-bond donors (Lipinski definition) is 2. The average Bonchev–Trinajstić information content (AvgIpc) is 2.49. The fourth-order valence-electron chi connectivity index (χ4n) is 1.60. The molecule has 0 atom stereocenters. The molecule has 0 fully saturated rings. The molecule has 0 aromatic carbocycles. The van der Waals surface area contributed by atoms with Crippen LogP contribution in [0.1, 0.15) is 23.3 Å². The summed E-state index contributed by atoms with van der Waals surface area (Å²) in [4.78, 5) is 15.5. The van der Waals surface area contributed by atoms with Gasteiger partial charge in [-0.1, -0.05) is 0 Å². The summed E-state index contributed by atoms with van der Waals surface area (Å²) >= 11 is 0. The summed E-state index contributed by atoms with van der Waals surface area (Å²) in [5, 5.41) is 5.82. The van der Waals surface area contributed by atoms with E-state index in [4.69, 9.17) is 9.47 Å². The molecule has 0 saturated heterocycles. The Morgan fingerprint density at radius 2 is 2.15 bits per heavy atom. The molecule has 0 spiro atoms. The van der Waals surface area contributed by atoms with Crippen molar-refractivity contribution in [2.24, 2.45) is 0 Å². The van der Waals surface area contributed by atoms with Crippen molar-refractivity contribution in [3.8, 4) is 0 Å². The Hall–Kier alpha value is -1.66. The van der Waals surface area contributed by atoms with Crippen LogP contribution in [0.5, 0.6) is 0 Å². The number of rotatable bonds is 10. The van der Waals surface area contributed by atoms with Crippen LogP contribution in [0.15, 0.2) is 18.3 Å². The summed E-state index contributed by atoms with van der Waals surface area (Å²) in [6.07, 6.45) is 3.62. The highest BCUT2D eigenvalue weighted by molar-refractivity contribution is 5.92. The topological polar surface area (TPSA) is 72.5 Å². The number of carbonyl (C=O) groups is 1. The van der Waals surface area contributed by atoms with Gasteiger partial charge in [-0.15, -0.1) is 0 Å². The third kappa shape index (κ3) is 6.49. The van der Waals surface area contributed by atoms with Crippen LogP contribution < -0.4 is 10.6 Å². The number of methoxy groups -OCH3 is 1. The smallest absolute Gasteiger partial charge is 0.269 e. The molecule has 1 aromatic heterocycles. The number of amides is 1. The molecule has 0 aliphatic rings. The summed E-state index contributed by atoms with van der Waals surface area (Å²) in [6, 6.07) is 3.59. The molecule has 0 aliphatic heterocycles. The molecule has 20 heavy (non-hydrogen) atoms. The highest BCUT2D eigenvalue weighted by Crippen LogP contribution is 2.08. The first kappa shape index (κ1) is 16.4. The Kier molecular flexibility index (Phi) is 8.33. The lowest BCUT2D eigenvalue weighted by molar-refractivity contribution is 0.0691. The quantitative estimate of drug-likeness (QED) is 0.632. The maximum atomic E-state index is 11.4. The maximum Gasteiger partial charge on any atom is 0.269 e. The lowest BCUT2D eigenvalue weighted by atomic mass is 10.2. The number of unbranched alkanes of at least 4 members (excludes halogenated alkanes) is 1. The normalized spacial score (nSPS) is 10.3. The molecule has 6 nitrogen and oxygen atoms in total. The van der Waals surface area contributed by atoms with E-state index in [1.54, 1.807) is 26.4 Å². The molecule has 2 N–H and O–H groups in total. The van der Waals surface area contributed by atoms with Gasteiger partial charge in [-0.25, -0.2) is 0 Å². The number of pyridine rings is 1. The van der Waals surface area contributed by atoms with Gasteiger partial charge in [-0.2, -0.15) is 0 Å². The summed E-state index contributed by atoms with van der Waals surface area (Å²) in [6.45, 7) is 2.86. The van der Waals surface area contributed by atoms with Crippen LogP contribution in [0.25, 0.3) is 0 Å². The van der Waals surface area contributed by atoms with Gasteiger partial charge in [0.1, 0.15) is 5.69 Å². The molecule has 1 aromatic rings. The van der Waals surface area contributed by atoms with Crippen molar-refractivity contribution in [3.05, 3.63) is 24.0 Å². The molecule has 112 valence electrons. The van der Waals surface area contributed by atoms with Crippen molar-refractivity contribution in [2.45, 2.75) is 12.8 Å². The number of nitrogens with zero attached hydrogens (tertiary/aromatic N) is 1. The fraction of sp³-hybridized carbons (Fsp3) is 0.571. The van der Waals surface area contributed by atoms with Crippen LogP contribution >= 0.6 is 0 Å². The summed E-state index contributed by atoms with van der Waals surface area (Å²) in [5.41, 5.74) is 1.32. The van der Waals surface area contributed by atoms with Gasteiger partial charge in [-0.05, 0) is 25.0 Å². The van der Waals surface area contributed by atoms with Crippen LogP contribution in [0.3, 0.4) is 0 Å². The average molecular weight is 281 g/mol. The van der Waals surface area contributed by atoms with Crippen LogP contribution in [-0.2, 0) is 9.47 Å². The zero-order valence-corrected chi connectivity index (χ0v) is 12.1. The van der Waals surface area contributed by atoms with E-state index in [1.165, 1.54) is 0 Å². The Labute approximate surface area is 119 Å². The van der Waals surface area contributed by atoms with Gasteiger partial charge < -0.3 is 20.1 Å². The molecule has 1 amide bonds. The molecule has 0 saturated carbocycles. The van der Waals surface area contributed by atoms with Gasteiger partial charge >= 0.3 is 0 Å². The predicted octanol–water partition coefficient (Wildman–Crippen LogP) is 1.30. The monoisotopic (exact) mass is 281 g/mol. The van der Waals surface area contributed by atoms with Crippen LogP contribution in [0.4, 0.5) is 5.69 Å². The third-order valence-corrected chi connectivity index (χ3v) is 2.70. The minimum absolute atomic E-state index is 0.180. The highest BCUT2D eigenvalue weighted by atomic mass is 16.5. The van der Waals surface area contributed by atoms with Gasteiger partial charge in [0.05, 0.1) is 13.2 Å². The van der Waals surface area contributed by atoms with E-state index in [0.29, 0.717) is 18.9 Å². The number of aromatic nitrogens is 1. The Morgan fingerprint density at radius 3 is 2.90 bits per heavy atom. The largest absolute Gasteiger partial charge is 0.385 e. The molecule has 1 heterocycles.